The molecule has 0 aliphatic rings. The average Bonchev–Trinajstić information content (AvgIpc) is 3.59. The highest BCUT2D eigenvalue weighted by atomic mass is 32.1. The van der Waals surface area contributed by atoms with E-state index in [-0.39, 0.29) is 5.70 Å². The van der Waals surface area contributed by atoms with Gasteiger partial charge in [-0.25, -0.2) is 4.85 Å². The summed E-state index contributed by atoms with van der Waals surface area (Å²) < 4.78 is 0. The minimum Gasteiger partial charge on any atom is -0.486 e. The van der Waals surface area contributed by atoms with Gasteiger partial charge in [-0.15, -0.1) is 11.3 Å². The number of nitrogens with one attached hydrogen (secondary N) is 1. The summed E-state index contributed by atoms with van der Waals surface area (Å²) in [6, 6.07) is 36.9. The minimum absolute atomic E-state index is 0.324. The number of hydrogen-bond donors (Lipinski definition) is 2. The van der Waals surface area contributed by atoms with E-state index in [1.54, 1.807) is 17.4 Å². The van der Waals surface area contributed by atoms with Crippen molar-refractivity contribution in [3.05, 3.63) is 132 Å². The van der Waals surface area contributed by atoms with Crippen molar-refractivity contribution in [1.29, 1.82) is 0 Å². The summed E-state index contributed by atoms with van der Waals surface area (Å²) in [5, 5.41) is 9.07. The molecule has 3 aromatic carbocycles. The lowest BCUT2D eigenvalue weighted by Gasteiger charge is -2.25. The molecule has 0 unspecified atom stereocenters. The number of hydrogen-bond acceptors (Lipinski definition) is 3. The monoisotopic (exact) mass is 487 g/mol. The lowest BCUT2D eigenvalue weighted by molar-refractivity contribution is -0.132. The van der Waals surface area contributed by atoms with E-state index in [0.29, 0.717) is 5.69 Å². The fraction of sp³-hybridized carbons (Fsp3) is 0. The standard InChI is InChI=1S/C30H21N3O2S/c1-31-27(30(34)35)20-22-14-17-26(32-22)29-19-18-28(36-29)21-12-15-25(16-13-21)33(23-8-4-2-5-9-23)24-10-6-3-7-11-24/h2-20,32H,(H,34,35). The van der Waals surface area contributed by atoms with E-state index < -0.39 is 5.97 Å². The Hall–Kier alpha value is -4.86. The van der Waals surface area contributed by atoms with Gasteiger partial charge in [-0.1, -0.05) is 48.5 Å². The molecule has 0 saturated heterocycles. The third-order valence-electron chi connectivity index (χ3n) is 5.65. The fourth-order valence-electron chi connectivity index (χ4n) is 3.94. The van der Waals surface area contributed by atoms with Gasteiger partial charge < -0.3 is 15.0 Å². The number of benzene rings is 3. The molecule has 2 aromatic heterocycles. The van der Waals surface area contributed by atoms with Crippen LogP contribution in [0.25, 0.3) is 31.9 Å². The zero-order valence-corrected chi connectivity index (χ0v) is 19.9. The Morgan fingerprint density at radius 3 is 1.94 bits per heavy atom. The molecule has 2 N–H and O–H groups in total. The van der Waals surface area contributed by atoms with E-state index in [1.807, 2.05) is 48.5 Å². The second-order valence-corrected chi connectivity index (χ2v) is 9.07. The molecule has 5 aromatic rings. The van der Waals surface area contributed by atoms with Gasteiger partial charge in [0.05, 0.1) is 17.1 Å². The molecule has 0 spiro atoms. The summed E-state index contributed by atoms with van der Waals surface area (Å²) in [6.07, 6.45) is 1.34. The summed E-state index contributed by atoms with van der Waals surface area (Å²) in [5.41, 5.74) is 5.51. The Balaban J connectivity index is 1.41. The van der Waals surface area contributed by atoms with Crippen LogP contribution in [0.15, 0.2) is 115 Å². The third kappa shape index (κ3) is 4.83. The summed E-state index contributed by atoms with van der Waals surface area (Å²) in [4.78, 5) is 21.7. The van der Waals surface area contributed by atoms with Crippen molar-refractivity contribution < 1.29 is 9.90 Å². The van der Waals surface area contributed by atoms with Gasteiger partial charge in [-0.2, -0.15) is 0 Å². The highest BCUT2D eigenvalue weighted by molar-refractivity contribution is 7.18. The number of rotatable bonds is 7. The molecule has 0 radical (unpaired) electrons. The number of thiophene rings is 1. The van der Waals surface area contributed by atoms with Crippen LogP contribution in [0.3, 0.4) is 0 Å². The third-order valence-corrected chi connectivity index (χ3v) is 6.82. The summed E-state index contributed by atoms with van der Waals surface area (Å²) in [6.45, 7) is 7.01. The smallest absolute Gasteiger partial charge is 0.333 e. The highest BCUT2D eigenvalue weighted by Crippen LogP contribution is 2.38. The predicted octanol–water partition coefficient (Wildman–Crippen LogP) is 8.22. The Morgan fingerprint density at radius 1 is 0.778 bits per heavy atom. The lowest BCUT2D eigenvalue weighted by atomic mass is 10.1. The highest BCUT2D eigenvalue weighted by Gasteiger charge is 2.13. The SMILES string of the molecule is [C-]#[N+]C(=Cc1ccc(-c2ccc(-c3ccc(N(c4ccccc4)c4ccccc4)cc3)s2)[nH]1)C(=O)O. The van der Waals surface area contributed by atoms with Crippen LogP contribution in [0, 0.1) is 6.57 Å². The zero-order valence-electron chi connectivity index (χ0n) is 19.1. The molecule has 0 aliphatic carbocycles. The first-order valence-corrected chi connectivity index (χ1v) is 12.1. The number of para-hydroxylation sites is 2. The molecular formula is C30H21N3O2S. The van der Waals surface area contributed by atoms with Gasteiger partial charge in [-0.3, -0.25) is 4.79 Å². The van der Waals surface area contributed by atoms with Crippen molar-refractivity contribution in [2.24, 2.45) is 0 Å². The Kier molecular flexibility index (Phi) is 6.48. The number of aromatic nitrogens is 1. The molecule has 0 bridgehead atoms. The summed E-state index contributed by atoms with van der Waals surface area (Å²) >= 11 is 1.65. The van der Waals surface area contributed by atoms with Crippen molar-refractivity contribution >= 4 is 40.4 Å². The maximum absolute atomic E-state index is 11.1. The first-order valence-electron chi connectivity index (χ1n) is 11.2. The molecule has 0 aliphatic heterocycles. The van der Waals surface area contributed by atoms with Crippen LogP contribution in [-0.4, -0.2) is 16.1 Å². The van der Waals surface area contributed by atoms with E-state index >= 15 is 0 Å². The second kappa shape index (κ2) is 10.2. The quantitative estimate of drug-likeness (QED) is 0.180. The molecule has 6 heteroatoms. The zero-order chi connectivity index (χ0) is 24.9. The number of anilines is 3. The largest absolute Gasteiger partial charge is 0.486 e. The molecule has 2 heterocycles. The number of carboxylic acids is 1. The maximum atomic E-state index is 11.1. The fourth-order valence-corrected chi connectivity index (χ4v) is 4.93. The normalized spacial score (nSPS) is 11.1. The van der Waals surface area contributed by atoms with E-state index in [9.17, 15) is 4.79 Å². The van der Waals surface area contributed by atoms with Crippen LogP contribution in [0.4, 0.5) is 17.1 Å². The van der Waals surface area contributed by atoms with Gasteiger partial charge in [0.1, 0.15) is 0 Å². The summed E-state index contributed by atoms with van der Waals surface area (Å²) in [7, 11) is 0. The van der Waals surface area contributed by atoms with Gasteiger partial charge in [0, 0.05) is 27.6 Å². The van der Waals surface area contributed by atoms with Crippen LogP contribution in [0.1, 0.15) is 5.69 Å². The minimum atomic E-state index is -1.24. The number of aliphatic carboxylic acids is 1. The average molecular weight is 488 g/mol. The topological polar surface area (TPSA) is 60.7 Å². The number of H-pyrrole nitrogens is 1. The number of carbonyl (C=O) groups is 1. The second-order valence-electron chi connectivity index (χ2n) is 7.99. The van der Waals surface area contributed by atoms with Crippen molar-refractivity contribution in [3.63, 3.8) is 0 Å². The van der Waals surface area contributed by atoms with Crippen molar-refractivity contribution in [1.82, 2.24) is 4.98 Å². The first-order chi connectivity index (χ1) is 17.6. The van der Waals surface area contributed by atoms with E-state index in [1.165, 1.54) is 6.08 Å². The van der Waals surface area contributed by atoms with Crippen molar-refractivity contribution in [3.8, 4) is 21.0 Å². The van der Waals surface area contributed by atoms with E-state index in [0.717, 1.165) is 38.1 Å². The van der Waals surface area contributed by atoms with Gasteiger partial charge in [-0.05, 0) is 72.3 Å². The Morgan fingerprint density at radius 2 is 1.36 bits per heavy atom. The van der Waals surface area contributed by atoms with Crippen molar-refractivity contribution in [2.45, 2.75) is 0 Å². The molecular weight excluding hydrogens is 466 g/mol. The van der Waals surface area contributed by atoms with Gasteiger partial charge in [0.15, 0.2) is 0 Å². The van der Waals surface area contributed by atoms with Crippen LogP contribution in [0.5, 0.6) is 0 Å². The van der Waals surface area contributed by atoms with Gasteiger partial charge in [0.25, 0.3) is 5.70 Å². The van der Waals surface area contributed by atoms with E-state index in [2.05, 4.69) is 69.3 Å². The molecule has 0 fully saturated rings. The number of nitrogens with zero attached hydrogens (tertiary/aromatic N) is 2. The molecule has 174 valence electrons. The molecule has 0 atom stereocenters. The van der Waals surface area contributed by atoms with Crippen LogP contribution in [-0.2, 0) is 4.79 Å². The summed E-state index contributed by atoms with van der Waals surface area (Å²) in [5.74, 6) is -1.24. The maximum Gasteiger partial charge on any atom is 0.333 e. The Labute approximate surface area is 213 Å². The molecule has 5 rings (SSSR count). The molecule has 0 amide bonds. The molecule has 36 heavy (non-hydrogen) atoms. The van der Waals surface area contributed by atoms with Gasteiger partial charge >= 0.3 is 5.97 Å². The lowest BCUT2D eigenvalue weighted by Crippen LogP contribution is -2.09. The van der Waals surface area contributed by atoms with Crippen LogP contribution < -0.4 is 4.90 Å². The molecule has 5 nitrogen and oxygen atoms in total. The number of carboxylic acid groups (broad SMARTS) is 1. The van der Waals surface area contributed by atoms with E-state index in [4.69, 9.17) is 11.7 Å². The van der Waals surface area contributed by atoms with Crippen LogP contribution in [0.2, 0.25) is 0 Å². The Bertz CT molecular complexity index is 1520. The first kappa shape index (κ1) is 22.9. The predicted molar refractivity (Wildman–Crippen MR) is 146 cm³/mol. The van der Waals surface area contributed by atoms with Gasteiger partial charge in [0.2, 0.25) is 0 Å². The van der Waals surface area contributed by atoms with Crippen molar-refractivity contribution in [2.75, 3.05) is 4.90 Å². The molecule has 0 saturated carbocycles. The van der Waals surface area contributed by atoms with Crippen LogP contribution >= 0.6 is 11.3 Å². The number of aromatic amines is 1.